The monoisotopic (exact) mass is 427 g/mol. The summed E-state index contributed by atoms with van der Waals surface area (Å²) in [7, 11) is 2.05. The van der Waals surface area contributed by atoms with Crippen LogP contribution >= 0.6 is 24.0 Å². The average molecular weight is 427 g/mol. The van der Waals surface area contributed by atoms with Gasteiger partial charge in [0.1, 0.15) is 0 Å². The third kappa shape index (κ3) is 8.77. The molecule has 0 amide bonds. The van der Waals surface area contributed by atoms with Crippen LogP contribution in [0.5, 0.6) is 0 Å². The molecular weight excluding hydrogens is 397 g/mol. The summed E-state index contributed by atoms with van der Waals surface area (Å²) in [6, 6.07) is 0. The summed E-state index contributed by atoms with van der Waals surface area (Å²) >= 11 is 0. The molecule has 0 spiro atoms. The van der Waals surface area contributed by atoms with Crippen molar-refractivity contribution in [3.05, 3.63) is 0 Å². The second kappa shape index (κ2) is 12.9. The van der Waals surface area contributed by atoms with Gasteiger partial charge in [-0.3, -0.25) is 9.79 Å². The number of aliphatic imine (C=N–C) groups is 1. The summed E-state index contributed by atoms with van der Waals surface area (Å²) in [5.41, 5.74) is 0. The Morgan fingerprint density at radius 3 is 2.82 bits per heavy atom. The van der Waals surface area contributed by atoms with Gasteiger partial charge in [-0.2, -0.15) is 0 Å². The second-order valence-electron chi connectivity index (χ2n) is 5.25. The zero-order valence-electron chi connectivity index (χ0n) is 14.0. The van der Waals surface area contributed by atoms with E-state index in [1.54, 1.807) is 0 Å². The van der Waals surface area contributed by atoms with E-state index < -0.39 is 0 Å². The highest BCUT2D eigenvalue weighted by Crippen LogP contribution is 2.13. The fraction of sp³-hybridized carbons (Fsp3) is 0.867. The Kier molecular flexibility index (Phi) is 12.6. The molecule has 1 saturated heterocycles. The molecular formula is C15H30IN3O3. The molecule has 1 N–H and O–H groups in total. The van der Waals surface area contributed by atoms with Gasteiger partial charge in [0.2, 0.25) is 0 Å². The maximum Gasteiger partial charge on any atom is 0.305 e. The predicted octanol–water partition coefficient (Wildman–Crippen LogP) is 1.88. The van der Waals surface area contributed by atoms with E-state index in [1.165, 1.54) is 0 Å². The lowest BCUT2D eigenvalue weighted by Crippen LogP contribution is -2.41. The zero-order chi connectivity index (χ0) is 15.5. The van der Waals surface area contributed by atoms with Crippen LogP contribution < -0.4 is 5.32 Å². The Labute approximate surface area is 151 Å². The first-order valence-corrected chi connectivity index (χ1v) is 7.90. The molecule has 22 heavy (non-hydrogen) atoms. The number of ether oxygens (including phenoxy) is 2. The van der Waals surface area contributed by atoms with Crippen molar-refractivity contribution in [2.24, 2.45) is 10.9 Å². The van der Waals surface area contributed by atoms with Crippen molar-refractivity contribution in [1.82, 2.24) is 10.2 Å². The van der Waals surface area contributed by atoms with Crippen molar-refractivity contribution in [3.8, 4) is 0 Å². The SMILES string of the molecule is CCNC(=NCCCC(=O)OCC)N(C)CC1CCOC1.I. The number of nitrogens with zero attached hydrogens (tertiary/aromatic N) is 2. The molecule has 0 aromatic heterocycles. The van der Waals surface area contributed by atoms with Crippen LogP contribution in [0.25, 0.3) is 0 Å². The third-order valence-corrected chi connectivity index (χ3v) is 3.36. The number of carbonyl (C=O) groups is 1. The Bertz CT molecular complexity index is 334. The maximum absolute atomic E-state index is 11.3. The number of hydrogen-bond donors (Lipinski definition) is 1. The van der Waals surface area contributed by atoms with E-state index in [-0.39, 0.29) is 29.9 Å². The Hall–Kier alpha value is -0.570. The number of halogens is 1. The van der Waals surface area contributed by atoms with Crippen LogP contribution in [0.2, 0.25) is 0 Å². The molecule has 0 aromatic rings. The van der Waals surface area contributed by atoms with Crippen molar-refractivity contribution in [2.75, 3.05) is 46.5 Å². The molecule has 1 aliphatic rings. The van der Waals surface area contributed by atoms with Crippen molar-refractivity contribution >= 4 is 35.9 Å². The van der Waals surface area contributed by atoms with Gasteiger partial charge in [-0.25, -0.2) is 0 Å². The van der Waals surface area contributed by atoms with Crippen molar-refractivity contribution in [1.29, 1.82) is 0 Å². The van der Waals surface area contributed by atoms with E-state index in [4.69, 9.17) is 9.47 Å². The third-order valence-electron chi connectivity index (χ3n) is 3.36. The molecule has 0 radical (unpaired) electrons. The van der Waals surface area contributed by atoms with E-state index in [1.807, 2.05) is 14.0 Å². The molecule has 1 aliphatic heterocycles. The number of esters is 1. The van der Waals surface area contributed by atoms with Crippen molar-refractivity contribution in [2.45, 2.75) is 33.1 Å². The lowest BCUT2D eigenvalue weighted by atomic mass is 10.1. The van der Waals surface area contributed by atoms with E-state index in [9.17, 15) is 4.79 Å². The smallest absolute Gasteiger partial charge is 0.305 e. The highest BCUT2D eigenvalue weighted by atomic mass is 127. The standard InChI is InChI=1S/C15H29N3O3.HI/c1-4-16-15(17-9-6-7-14(19)21-5-2)18(3)11-13-8-10-20-12-13;/h13H,4-12H2,1-3H3,(H,16,17);1H. The van der Waals surface area contributed by atoms with Gasteiger partial charge < -0.3 is 19.7 Å². The number of nitrogens with one attached hydrogen (secondary N) is 1. The molecule has 1 fully saturated rings. The van der Waals surface area contributed by atoms with Crippen LogP contribution in [0.3, 0.4) is 0 Å². The van der Waals surface area contributed by atoms with Crippen LogP contribution in [0.1, 0.15) is 33.1 Å². The molecule has 1 atom stereocenters. The molecule has 0 aliphatic carbocycles. The van der Waals surface area contributed by atoms with Crippen molar-refractivity contribution in [3.63, 3.8) is 0 Å². The second-order valence-corrected chi connectivity index (χ2v) is 5.25. The molecule has 0 aromatic carbocycles. The Morgan fingerprint density at radius 2 is 2.23 bits per heavy atom. The number of guanidine groups is 1. The fourth-order valence-electron chi connectivity index (χ4n) is 2.31. The Balaban J connectivity index is 0.00000441. The zero-order valence-corrected chi connectivity index (χ0v) is 16.3. The minimum absolute atomic E-state index is 0. The van der Waals surface area contributed by atoms with Crippen LogP contribution in [0, 0.1) is 5.92 Å². The highest BCUT2D eigenvalue weighted by molar-refractivity contribution is 14.0. The average Bonchev–Trinajstić information content (AvgIpc) is 2.95. The summed E-state index contributed by atoms with van der Waals surface area (Å²) in [5, 5.41) is 3.29. The molecule has 6 nitrogen and oxygen atoms in total. The number of hydrogen-bond acceptors (Lipinski definition) is 4. The lowest BCUT2D eigenvalue weighted by Gasteiger charge is -2.24. The molecule has 1 unspecified atom stereocenters. The summed E-state index contributed by atoms with van der Waals surface area (Å²) < 4.78 is 10.3. The van der Waals surface area contributed by atoms with E-state index in [0.717, 1.165) is 38.7 Å². The van der Waals surface area contributed by atoms with Gasteiger partial charge in [0.05, 0.1) is 13.2 Å². The number of carbonyl (C=O) groups excluding carboxylic acids is 1. The molecule has 0 saturated carbocycles. The van der Waals surface area contributed by atoms with Crippen LogP contribution in [-0.4, -0.2) is 63.3 Å². The first-order valence-electron chi connectivity index (χ1n) is 7.90. The van der Waals surface area contributed by atoms with Gasteiger partial charge in [-0.15, -0.1) is 24.0 Å². The quantitative estimate of drug-likeness (QED) is 0.211. The van der Waals surface area contributed by atoms with Gasteiger partial charge >= 0.3 is 5.97 Å². The van der Waals surface area contributed by atoms with Gasteiger partial charge in [0.25, 0.3) is 0 Å². The predicted molar refractivity (Wildman–Crippen MR) is 98.8 cm³/mol. The lowest BCUT2D eigenvalue weighted by molar-refractivity contribution is -0.143. The largest absolute Gasteiger partial charge is 0.466 e. The van der Waals surface area contributed by atoms with E-state index in [2.05, 4.69) is 22.1 Å². The van der Waals surface area contributed by atoms with Crippen LogP contribution in [0.4, 0.5) is 0 Å². The molecule has 130 valence electrons. The fourth-order valence-corrected chi connectivity index (χ4v) is 2.31. The summed E-state index contributed by atoms with van der Waals surface area (Å²) in [4.78, 5) is 18.0. The minimum Gasteiger partial charge on any atom is -0.466 e. The first kappa shape index (κ1) is 21.4. The summed E-state index contributed by atoms with van der Waals surface area (Å²) in [6.07, 6.45) is 2.26. The minimum atomic E-state index is -0.144. The van der Waals surface area contributed by atoms with Gasteiger partial charge in [-0.05, 0) is 26.7 Å². The maximum atomic E-state index is 11.3. The number of rotatable bonds is 8. The van der Waals surface area contributed by atoms with Gasteiger partial charge in [0.15, 0.2) is 5.96 Å². The van der Waals surface area contributed by atoms with Crippen molar-refractivity contribution < 1.29 is 14.3 Å². The van der Waals surface area contributed by atoms with E-state index >= 15 is 0 Å². The first-order chi connectivity index (χ1) is 10.2. The van der Waals surface area contributed by atoms with Crippen LogP contribution in [0.15, 0.2) is 4.99 Å². The molecule has 0 bridgehead atoms. The molecule has 1 rings (SSSR count). The van der Waals surface area contributed by atoms with Gasteiger partial charge in [0, 0.05) is 45.6 Å². The topological polar surface area (TPSA) is 63.2 Å². The summed E-state index contributed by atoms with van der Waals surface area (Å²) in [6.45, 7) is 8.44. The van der Waals surface area contributed by atoms with Crippen LogP contribution in [-0.2, 0) is 14.3 Å². The Morgan fingerprint density at radius 1 is 1.45 bits per heavy atom. The normalized spacial score (nSPS) is 17.8. The molecule has 1 heterocycles. The van der Waals surface area contributed by atoms with E-state index in [0.29, 0.717) is 31.9 Å². The summed E-state index contributed by atoms with van der Waals surface area (Å²) in [5.74, 6) is 1.33. The van der Waals surface area contributed by atoms with Gasteiger partial charge in [-0.1, -0.05) is 0 Å². The molecule has 7 heteroatoms. The highest BCUT2D eigenvalue weighted by Gasteiger charge is 2.18.